The number of pyridine rings is 1. The molecule has 2 aliphatic heterocycles. The Morgan fingerprint density at radius 3 is 2.37 bits per heavy atom. The average molecular weight is 557 g/mol. The van der Waals surface area contributed by atoms with Gasteiger partial charge in [-0.15, -0.1) is 0 Å². The number of nitrogens with zero attached hydrogens (tertiary/aromatic N) is 4. The second kappa shape index (κ2) is 10.2. The molecule has 4 rings (SSSR count). The van der Waals surface area contributed by atoms with E-state index in [1.165, 1.54) is 12.1 Å². The molecule has 1 aromatic carbocycles. The molecule has 1 unspecified atom stereocenters. The lowest BCUT2D eigenvalue weighted by Crippen LogP contribution is -2.43. The Balaban J connectivity index is 1.63. The topological polar surface area (TPSA) is 58.0 Å². The number of hydrogen-bond acceptors (Lipinski definition) is 5. The van der Waals surface area contributed by atoms with Gasteiger partial charge in [-0.2, -0.15) is 27.1 Å². The maximum atomic E-state index is 14.3. The molecule has 2 aliphatic rings. The first-order chi connectivity index (χ1) is 17.7. The van der Waals surface area contributed by atoms with Gasteiger partial charge < -0.3 is 9.64 Å². The molecular weight excluding hydrogens is 531 g/mol. The number of ether oxygens (including phenoxy) is 1. The van der Waals surface area contributed by atoms with Crippen molar-refractivity contribution in [3.63, 3.8) is 0 Å². The number of benzene rings is 1. The lowest BCUT2D eigenvalue weighted by atomic mass is 10.00. The zero-order valence-corrected chi connectivity index (χ0v) is 21.7. The lowest BCUT2D eigenvalue weighted by molar-refractivity contribution is -0.249. The number of anilines is 1. The number of carbonyl (C=O) groups is 1. The first-order valence-corrected chi connectivity index (χ1v) is 12.3. The van der Waals surface area contributed by atoms with Crippen molar-refractivity contribution < 1.29 is 31.5 Å². The fraction of sp³-hybridized carbons (Fsp3) is 0.423. The molecule has 0 radical (unpaired) electrons. The number of aromatic nitrogens is 1. The van der Waals surface area contributed by atoms with Crippen LogP contribution in [0.15, 0.2) is 53.6 Å². The molecule has 2 aromatic rings. The minimum atomic E-state index is -5.80. The molecule has 38 heavy (non-hydrogen) atoms. The average Bonchev–Trinajstić information content (AvgIpc) is 3.29. The van der Waals surface area contributed by atoms with Gasteiger partial charge in [0.2, 0.25) is 0 Å². The van der Waals surface area contributed by atoms with Crippen LogP contribution in [0.25, 0.3) is 5.57 Å². The third-order valence-corrected chi connectivity index (χ3v) is 6.35. The second-order valence-corrected chi connectivity index (χ2v) is 10.4. The molecular formula is C26H26ClF5N4O2. The Bertz CT molecular complexity index is 1270. The van der Waals surface area contributed by atoms with Gasteiger partial charge in [-0.05, 0) is 57.0 Å². The van der Waals surface area contributed by atoms with Crippen molar-refractivity contribution in [2.24, 2.45) is 5.10 Å². The molecule has 0 aliphatic carbocycles. The Labute approximate surface area is 221 Å². The van der Waals surface area contributed by atoms with E-state index in [-0.39, 0.29) is 22.9 Å². The zero-order chi connectivity index (χ0) is 27.9. The van der Waals surface area contributed by atoms with E-state index in [0.717, 1.165) is 10.6 Å². The van der Waals surface area contributed by atoms with Gasteiger partial charge in [-0.25, -0.2) is 4.79 Å². The van der Waals surface area contributed by atoms with Crippen molar-refractivity contribution in [3.8, 4) is 0 Å². The molecule has 0 saturated heterocycles. The van der Waals surface area contributed by atoms with Crippen LogP contribution in [-0.2, 0) is 4.74 Å². The normalized spacial score (nSPS) is 18.8. The van der Waals surface area contributed by atoms with Crippen molar-refractivity contribution in [3.05, 3.63) is 65.0 Å². The van der Waals surface area contributed by atoms with Crippen molar-refractivity contribution in [2.75, 3.05) is 18.1 Å². The van der Waals surface area contributed by atoms with E-state index in [0.29, 0.717) is 18.7 Å². The molecule has 0 saturated carbocycles. The van der Waals surface area contributed by atoms with Crippen LogP contribution in [-0.4, -0.2) is 52.5 Å². The van der Waals surface area contributed by atoms with Crippen LogP contribution < -0.4 is 5.01 Å². The molecule has 6 nitrogen and oxygen atoms in total. The Hall–Kier alpha value is -3.21. The van der Waals surface area contributed by atoms with Crippen LogP contribution in [0.2, 0.25) is 5.02 Å². The summed E-state index contributed by atoms with van der Waals surface area (Å²) in [6.07, 6.45) is -4.65. The maximum Gasteiger partial charge on any atom is 0.459 e. The van der Waals surface area contributed by atoms with Gasteiger partial charge in [-0.3, -0.25) is 9.99 Å². The first-order valence-electron chi connectivity index (χ1n) is 11.9. The summed E-state index contributed by atoms with van der Waals surface area (Å²) in [7, 11) is 0. The number of halogens is 6. The molecule has 1 aromatic heterocycles. The van der Waals surface area contributed by atoms with Crippen LogP contribution in [0.5, 0.6) is 0 Å². The summed E-state index contributed by atoms with van der Waals surface area (Å²) in [6, 6.07) is 10.1. The monoisotopic (exact) mass is 556 g/mol. The minimum absolute atomic E-state index is 0.145. The van der Waals surface area contributed by atoms with Crippen molar-refractivity contribution >= 4 is 34.7 Å². The van der Waals surface area contributed by atoms with E-state index in [2.05, 4.69) is 10.1 Å². The highest BCUT2D eigenvalue weighted by Gasteiger charge is 2.63. The highest BCUT2D eigenvalue weighted by molar-refractivity contribution is 6.33. The smallest absolute Gasteiger partial charge is 0.444 e. The van der Waals surface area contributed by atoms with Crippen molar-refractivity contribution in [2.45, 2.75) is 57.4 Å². The van der Waals surface area contributed by atoms with Crippen molar-refractivity contribution in [1.29, 1.82) is 0 Å². The molecule has 0 bridgehead atoms. The SMILES string of the molecule is CC(C)(C)OC(=O)N1CC=C(c2cccc(C3CC(C(F)(F)C(F)(F)F)=NN3c3ccccc3Cl)n2)CC1. The largest absolute Gasteiger partial charge is 0.459 e. The van der Waals surface area contributed by atoms with E-state index in [4.69, 9.17) is 16.3 Å². The summed E-state index contributed by atoms with van der Waals surface area (Å²) < 4.78 is 73.5. The Morgan fingerprint density at radius 1 is 1.05 bits per heavy atom. The summed E-state index contributed by atoms with van der Waals surface area (Å²) >= 11 is 6.25. The maximum absolute atomic E-state index is 14.3. The van der Waals surface area contributed by atoms with Gasteiger partial charge in [0.05, 0.1) is 22.1 Å². The van der Waals surface area contributed by atoms with E-state index in [9.17, 15) is 26.7 Å². The highest BCUT2D eigenvalue weighted by Crippen LogP contribution is 2.45. The van der Waals surface area contributed by atoms with Gasteiger partial charge in [0.1, 0.15) is 17.4 Å². The summed E-state index contributed by atoms with van der Waals surface area (Å²) in [4.78, 5) is 18.5. The van der Waals surface area contributed by atoms with Gasteiger partial charge >= 0.3 is 18.2 Å². The predicted molar refractivity (Wildman–Crippen MR) is 134 cm³/mol. The third kappa shape index (κ3) is 5.77. The third-order valence-electron chi connectivity index (χ3n) is 6.03. The van der Waals surface area contributed by atoms with Gasteiger partial charge in [0.25, 0.3) is 0 Å². The molecule has 1 atom stereocenters. The van der Waals surface area contributed by atoms with Gasteiger partial charge in [-0.1, -0.05) is 35.9 Å². The van der Waals surface area contributed by atoms with Crippen LogP contribution in [0.1, 0.15) is 51.0 Å². The number of hydrogen-bond donors (Lipinski definition) is 0. The highest BCUT2D eigenvalue weighted by atomic mass is 35.5. The molecule has 0 N–H and O–H groups in total. The summed E-state index contributed by atoms with van der Waals surface area (Å²) in [5.74, 6) is -5.12. The van der Waals surface area contributed by atoms with Crippen LogP contribution in [0, 0.1) is 0 Å². The van der Waals surface area contributed by atoms with Crippen LogP contribution in [0.4, 0.5) is 32.4 Å². The quantitative estimate of drug-likeness (QED) is 0.372. The molecule has 12 heteroatoms. The molecule has 0 fully saturated rings. The second-order valence-electron chi connectivity index (χ2n) is 9.99. The summed E-state index contributed by atoms with van der Waals surface area (Å²) in [6.45, 7) is 6.00. The standard InChI is InChI=1S/C26H26ClF5N4O2/c1-24(2,3)38-23(37)35-13-11-16(12-14-35)18-8-6-9-19(33-18)21-15-22(25(28,29)26(30,31)32)34-36(21)20-10-5-4-7-17(20)27/h4-11,21H,12-15H2,1-3H3. The van der Waals surface area contributed by atoms with Crippen molar-refractivity contribution in [1.82, 2.24) is 9.88 Å². The molecule has 3 heterocycles. The van der Waals surface area contributed by atoms with E-state index in [1.54, 1.807) is 56.0 Å². The first kappa shape index (κ1) is 27.8. The number of amides is 1. The molecule has 1 amide bonds. The fourth-order valence-corrected chi connectivity index (χ4v) is 4.39. The van der Waals surface area contributed by atoms with Crippen LogP contribution in [0.3, 0.4) is 0 Å². The Kier molecular flexibility index (Phi) is 7.44. The Morgan fingerprint density at radius 2 is 1.76 bits per heavy atom. The number of alkyl halides is 5. The molecule has 0 spiro atoms. The zero-order valence-electron chi connectivity index (χ0n) is 20.9. The van der Waals surface area contributed by atoms with Gasteiger partial charge in [0.15, 0.2) is 0 Å². The number of hydrazone groups is 1. The number of para-hydroxylation sites is 1. The minimum Gasteiger partial charge on any atom is -0.444 e. The van der Waals surface area contributed by atoms with E-state index >= 15 is 0 Å². The van der Waals surface area contributed by atoms with E-state index < -0.39 is 42.0 Å². The van der Waals surface area contributed by atoms with Gasteiger partial charge in [0, 0.05) is 19.5 Å². The van der Waals surface area contributed by atoms with Crippen LogP contribution >= 0.6 is 11.6 Å². The summed E-state index contributed by atoms with van der Waals surface area (Å²) in [5, 5.41) is 4.92. The predicted octanol–water partition coefficient (Wildman–Crippen LogP) is 7.26. The van der Waals surface area contributed by atoms with E-state index in [1.807, 2.05) is 6.08 Å². The number of carbonyl (C=O) groups excluding carboxylic acids is 1. The number of rotatable bonds is 4. The summed E-state index contributed by atoms with van der Waals surface area (Å²) in [5.41, 5.74) is -0.154. The molecule has 204 valence electrons. The lowest BCUT2D eigenvalue weighted by Gasteiger charge is -2.29. The fourth-order valence-electron chi connectivity index (χ4n) is 4.16.